The Kier molecular flexibility index (Phi) is 3.42. The lowest BCUT2D eigenvalue weighted by Crippen LogP contribution is -2.26. The van der Waals surface area contributed by atoms with Crippen LogP contribution in [0.4, 0.5) is 0 Å². The SMILES string of the molecule is c1ccc(Cn2cc(C3CCNCC3)cn2)cc1. The largest absolute Gasteiger partial charge is 0.317 e. The van der Waals surface area contributed by atoms with E-state index in [2.05, 4.69) is 40.9 Å². The van der Waals surface area contributed by atoms with E-state index >= 15 is 0 Å². The van der Waals surface area contributed by atoms with Gasteiger partial charge in [0, 0.05) is 6.20 Å². The molecule has 0 unspecified atom stereocenters. The second-order valence-electron chi connectivity index (χ2n) is 4.98. The molecule has 0 saturated carbocycles. The van der Waals surface area contributed by atoms with Crippen LogP contribution >= 0.6 is 0 Å². The normalized spacial score (nSPS) is 16.9. The Morgan fingerprint density at radius 1 is 1.17 bits per heavy atom. The molecule has 0 aliphatic carbocycles. The molecule has 94 valence electrons. The van der Waals surface area contributed by atoms with E-state index in [1.54, 1.807) is 0 Å². The molecule has 0 amide bonds. The summed E-state index contributed by atoms with van der Waals surface area (Å²) in [6, 6.07) is 10.5. The van der Waals surface area contributed by atoms with Crippen LogP contribution in [-0.2, 0) is 6.54 Å². The number of nitrogens with one attached hydrogen (secondary N) is 1. The second kappa shape index (κ2) is 5.36. The lowest BCUT2D eigenvalue weighted by molar-refractivity contribution is 0.460. The molecule has 1 aromatic carbocycles. The van der Waals surface area contributed by atoms with Gasteiger partial charge in [-0.1, -0.05) is 30.3 Å². The number of piperidine rings is 1. The topological polar surface area (TPSA) is 29.9 Å². The maximum atomic E-state index is 4.48. The van der Waals surface area contributed by atoms with Gasteiger partial charge in [-0.3, -0.25) is 4.68 Å². The van der Waals surface area contributed by atoms with Crippen LogP contribution in [0.5, 0.6) is 0 Å². The van der Waals surface area contributed by atoms with Crippen molar-refractivity contribution >= 4 is 0 Å². The van der Waals surface area contributed by atoms with Gasteiger partial charge in [-0.25, -0.2) is 0 Å². The van der Waals surface area contributed by atoms with Crippen LogP contribution in [0, 0.1) is 0 Å². The molecule has 1 fully saturated rings. The van der Waals surface area contributed by atoms with Gasteiger partial charge in [-0.05, 0) is 43.0 Å². The van der Waals surface area contributed by atoms with Gasteiger partial charge >= 0.3 is 0 Å². The van der Waals surface area contributed by atoms with E-state index in [0.717, 1.165) is 19.6 Å². The third-order valence-electron chi connectivity index (χ3n) is 3.65. The van der Waals surface area contributed by atoms with Gasteiger partial charge in [0.25, 0.3) is 0 Å². The minimum atomic E-state index is 0.691. The highest BCUT2D eigenvalue weighted by Gasteiger charge is 2.16. The molecule has 18 heavy (non-hydrogen) atoms. The fourth-order valence-corrected chi connectivity index (χ4v) is 2.60. The van der Waals surface area contributed by atoms with Gasteiger partial charge in [-0.2, -0.15) is 5.10 Å². The van der Waals surface area contributed by atoms with Crippen LogP contribution in [0.15, 0.2) is 42.7 Å². The van der Waals surface area contributed by atoms with Crippen molar-refractivity contribution in [1.29, 1.82) is 0 Å². The average molecular weight is 241 g/mol. The van der Waals surface area contributed by atoms with E-state index in [0.29, 0.717) is 5.92 Å². The predicted octanol–water partition coefficient (Wildman–Crippen LogP) is 2.40. The summed E-state index contributed by atoms with van der Waals surface area (Å²) in [4.78, 5) is 0. The van der Waals surface area contributed by atoms with Crippen LogP contribution in [-0.4, -0.2) is 22.9 Å². The zero-order valence-corrected chi connectivity index (χ0v) is 10.5. The summed E-state index contributed by atoms with van der Waals surface area (Å²) in [7, 11) is 0. The molecule has 0 radical (unpaired) electrons. The molecule has 0 bridgehead atoms. The number of aromatic nitrogens is 2. The highest BCUT2D eigenvalue weighted by Crippen LogP contribution is 2.24. The third kappa shape index (κ3) is 2.62. The molecule has 2 aromatic rings. The highest BCUT2D eigenvalue weighted by molar-refractivity contribution is 5.17. The van der Waals surface area contributed by atoms with Crippen molar-refractivity contribution in [3.8, 4) is 0 Å². The summed E-state index contributed by atoms with van der Waals surface area (Å²) in [6.07, 6.45) is 6.72. The third-order valence-corrected chi connectivity index (χ3v) is 3.65. The quantitative estimate of drug-likeness (QED) is 0.894. The Labute approximate surface area is 108 Å². The predicted molar refractivity (Wildman–Crippen MR) is 72.6 cm³/mol. The van der Waals surface area contributed by atoms with Crippen molar-refractivity contribution in [3.05, 3.63) is 53.9 Å². The Hall–Kier alpha value is -1.61. The summed E-state index contributed by atoms with van der Waals surface area (Å²) < 4.78 is 2.05. The Morgan fingerprint density at radius 3 is 2.72 bits per heavy atom. The number of hydrogen-bond acceptors (Lipinski definition) is 2. The number of benzene rings is 1. The summed E-state index contributed by atoms with van der Waals surface area (Å²) in [5.41, 5.74) is 2.70. The maximum Gasteiger partial charge on any atom is 0.0659 e. The number of hydrogen-bond donors (Lipinski definition) is 1. The van der Waals surface area contributed by atoms with Gasteiger partial charge in [-0.15, -0.1) is 0 Å². The van der Waals surface area contributed by atoms with Crippen molar-refractivity contribution in [1.82, 2.24) is 15.1 Å². The Morgan fingerprint density at radius 2 is 1.94 bits per heavy atom. The summed E-state index contributed by atoms with van der Waals surface area (Å²) in [6.45, 7) is 3.13. The van der Waals surface area contributed by atoms with Crippen molar-refractivity contribution in [2.45, 2.75) is 25.3 Å². The molecule has 1 aliphatic rings. The monoisotopic (exact) mass is 241 g/mol. The first-order chi connectivity index (χ1) is 8.92. The minimum Gasteiger partial charge on any atom is -0.317 e. The molecule has 0 spiro atoms. The number of nitrogens with zero attached hydrogens (tertiary/aromatic N) is 2. The molecule has 1 N–H and O–H groups in total. The van der Waals surface area contributed by atoms with E-state index in [1.807, 2.05) is 16.9 Å². The van der Waals surface area contributed by atoms with E-state index in [-0.39, 0.29) is 0 Å². The van der Waals surface area contributed by atoms with E-state index in [9.17, 15) is 0 Å². The molecule has 3 rings (SSSR count). The van der Waals surface area contributed by atoms with Gasteiger partial charge in [0.05, 0.1) is 12.7 Å². The standard InChI is InChI=1S/C15H19N3/c1-2-4-13(5-3-1)11-18-12-15(10-17-18)14-6-8-16-9-7-14/h1-5,10,12,14,16H,6-9,11H2. The molecule has 1 aliphatic heterocycles. The Bertz CT molecular complexity index is 483. The molecule has 1 aromatic heterocycles. The van der Waals surface area contributed by atoms with Crippen molar-refractivity contribution < 1.29 is 0 Å². The molecule has 3 nitrogen and oxygen atoms in total. The molecule has 3 heteroatoms. The van der Waals surface area contributed by atoms with Crippen LogP contribution in [0.3, 0.4) is 0 Å². The van der Waals surface area contributed by atoms with Gasteiger partial charge in [0.2, 0.25) is 0 Å². The number of rotatable bonds is 3. The smallest absolute Gasteiger partial charge is 0.0659 e. The van der Waals surface area contributed by atoms with E-state index in [1.165, 1.54) is 24.0 Å². The summed E-state index contributed by atoms with van der Waals surface area (Å²) in [5, 5.41) is 7.89. The zero-order valence-electron chi connectivity index (χ0n) is 10.5. The van der Waals surface area contributed by atoms with Crippen LogP contribution in [0.1, 0.15) is 29.9 Å². The average Bonchev–Trinajstić information content (AvgIpc) is 2.89. The molecular formula is C15H19N3. The molecule has 1 saturated heterocycles. The van der Waals surface area contributed by atoms with E-state index < -0.39 is 0 Å². The molecule has 0 atom stereocenters. The zero-order chi connectivity index (χ0) is 12.2. The first-order valence-electron chi connectivity index (χ1n) is 6.69. The fraction of sp³-hybridized carbons (Fsp3) is 0.400. The highest BCUT2D eigenvalue weighted by atomic mass is 15.3. The van der Waals surface area contributed by atoms with Crippen LogP contribution < -0.4 is 5.32 Å². The fourth-order valence-electron chi connectivity index (χ4n) is 2.60. The van der Waals surface area contributed by atoms with Crippen LogP contribution in [0.2, 0.25) is 0 Å². The maximum absolute atomic E-state index is 4.48. The van der Waals surface area contributed by atoms with Crippen molar-refractivity contribution in [3.63, 3.8) is 0 Å². The minimum absolute atomic E-state index is 0.691. The first-order valence-corrected chi connectivity index (χ1v) is 6.69. The Balaban J connectivity index is 1.69. The van der Waals surface area contributed by atoms with Gasteiger partial charge in [0.15, 0.2) is 0 Å². The lowest BCUT2D eigenvalue weighted by atomic mass is 9.93. The lowest BCUT2D eigenvalue weighted by Gasteiger charge is -2.21. The van der Waals surface area contributed by atoms with Gasteiger partial charge in [0.1, 0.15) is 0 Å². The molecule has 2 heterocycles. The summed E-state index contributed by atoms with van der Waals surface area (Å²) >= 11 is 0. The van der Waals surface area contributed by atoms with Crippen LogP contribution in [0.25, 0.3) is 0 Å². The first kappa shape index (κ1) is 11.5. The van der Waals surface area contributed by atoms with Gasteiger partial charge < -0.3 is 5.32 Å². The second-order valence-corrected chi connectivity index (χ2v) is 4.98. The van der Waals surface area contributed by atoms with E-state index in [4.69, 9.17) is 0 Å². The molecular weight excluding hydrogens is 222 g/mol. The summed E-state index contributed by atoms with van der Waals surface area (Å²) in [5.74, 6) is 0.691. The van der Waals surface area contributed by atoms with Crippen molar-refractivity contribution in [2.75, 3.05) is 13.1 Å². The van der Waals surface area contributed by atoms with Crippen molar-refractivity contribution in [2.24, 2.45) is 0 Å².